The molecule has 19 heteroatoms. The van der Waals surface area contributed by atoms with Crippen LogP contribution in [0.3, 0.4) is 0 Å². The number of hydrogen-bond donors (Lipinski definition) is 3. The van der Waals surface area contributed by atoms with Crippen LogP contribution in [0.25, 0.3) is 0 Å². The number of thiazole rings is 1. The molecule has 2 heterocycles. The van der Waals surface area contributed by atoms with Gasteiger partial charge in [0.05, 0.1) is 82.7 Å². The lowest BCUT2D eigenvalue weighted by molar-refractivity contribution is -0.121. The number of ketones is 1. The number of sulfonamides is 1. The van der Waals surface area contributed by atoms with Crippen LogP contribution in [0, 0.1) is 5.92 Å². The number of aromatic nitrogens is 4. The maximum atomic E-state index is 12.4. The molecule has 17 nitrogen and oxygen atoms in total. The van der Waals surface area contributed by atoms with Gasteiger partial charge in [-0.3, -0.25) is 19.0 Å². The number of anilines is 1. The van der Waals surface area contributed by atoms with Crippen LogP contribution in [-0.4, -0.2) is 118 Å². The van der Waals surface area contributed by atoms with E-state index in [4.69, 9.17) is 23.7 Å². The smallest absolute Gasteiger partial charge is 0.336 e. The van der Waals surface area contributed by atoms with E-state index in [1.54, 1.807) is 24.6 Å². The molecular formula is C38H52N6O11S2. The average Bonchev–Trinajstić information content (AvgIpc) is 3.89. The molecule has 0 saturated heterocycles. The Balaban J connectivity index is 0.000000306. The Morgan fingerprint density at radius 3 is 2.00 bits per heavy atom. The van der Waals surface area contributed by atoms with Crippen LogP contribution in [0.4, 0.5) is 5.13 Å². The number of carbonyl (C=O) groups is 3. The first kappa shape index (κ1) is 46.8. The van der Waals surface area contributed by atoms with E-state index in [0.717, 1.165) is 30.0 Å². The Bertz CT molecular complexity index is 1870. The van der Waals surface area contributed by atoms with Gasteiger partial charge in [0.1, 0.15) is 5.69 Å². The quantitative estimate of drug-likeness (QED) is 0.0569. The largest absolute Gasteiger partial charge is 0.478 e. The van der Waals surface area contributed by atoms with Crippen LogP contribution in [0.2, 0.25) is 0 Å². The molecule has 0 radical (unpaired) electrons. The highest BCUT2D eigenvalue weighted by atomic mass is 32.2. The van der Waals surface area contributed by atoms with Crippen molar-refractivity contribution in [3.8, 4) is 0 Å². The van der Waals surface area contributed by atoms with Gasteiger partial charge in [0, 0.05) is 43.6 Å². The minimum absolute atomic E-state index is 0.0281. The van der Waals surface area contributed by atoms with Gasteiger partial charge in [0.2, 0.25) is 5.91 Å². The summed E-state index contributed by atoms with van der Waals surface area (Å²) in [5.41, 5.74) is 1.47. The number of ether oxygens (including phenoxy) is 5. The van der Waals surface area contributed by atoms with Gasteiger partial charge < -0.3 is 34.1 Å². The van der Waals surface area contributed by atoms with Crippen molar-refractivity contribution in [3.05, 3.63) is 88.7 Å². The highest BCUT2D eigenvalue weighted by molar-refractivity contribution is 7.93. The summed E-state index contributed by atoms with van der Waals surface area (Å²) in [6, 6.07) is 11.8. The number of carboxylic acids is 1. The van der Waals surface area contributed by atoms with Crippen molar-refractivity contribution >= 4 is 44.2 Å². The van der Waals surface area contributed by atoms with Crippen molar-refractivity contribution in [3.63, 3.8) is 0 Å². The van der Waals surface area contributed by atoms with E-state index in [2.05, 4.69) is 39.2 Å². The lowest BCUT2D eigenvalue weighted by Gasteiger charge is -2.07. The fraction of sp³-hybridized carbons (Fsp3) is 0.474. The molecule has 0 aliphatic carbocycles. The van der Waals surface area contributed by atoms with E-state index in [9.17, 15) is 27.9 Å². The maximum absolute atomic E-state index is 12.4. The number of benzene rings is 2. The Morgan fingerprint density at radius 1 is 0.842 bits per heavy atom. The zero-order chi connectivity index (χ0) is 41.3. The lowest BCUT2D eigenvalue weighted by atomic mass is 9.98. The third-order valence-corrected chi connectivity index (χ3v) is 9.89. The van der Waals surface area contributed by atoms with Crippen molar-refractivity contribution < 1.29 is 51.6 Å². The molecule has 0 unspecified atom stereocenters. The molecule has 2 aromatic heterocycles. The Kier molecular flexibility index (Phi) is 21.6. The van der Waals surface area contributed by atoms with Gasteiger partial charge in [0.25, 0.3) is 10.0 Å². The zero-order valence-electron chi connectivity index (χ0n) is 32.5. The molecule has 1 amide bonds. The lowest BCUT2D eigenvalue weighted by Crippen LogP contribution is -2.20. The minimum atomic E-state index is -3.76. The molecule has 0 aliphatic heterocycles. The highest BCUT2D eigenvalue weighted by Gasteiger charge is 2.18. The number of nitrogens with one attached hydrogen (secondary N) is 2. The van der Waals surface area contributed by atoms with Gasteiger partial charge in [-0.15, -0.1) is 16.4 Å². The Morgan fingerprint density at radius 2 is 1.44 bits per heavy atom. The molecule has 3 N–H and O–H groups in total. The number of carbonyl (C=O) groups excluding carboxylic acids is 2. The third kappa shape index (κ3) is 18.9. The van der Waals surface area contributed by atoms with Crippen molar-refractivity contribution in [1.29, 1.82) is 0 Å². The summed E-state index contributed by atoms with van der Waals surface area (Å²) in [5.74, 6) is -0.910. The van der Waals surface area contributed by atoms with Gasteiger partial charge in [-0.1, -0.05) is 49.4 Å². The van der Waals surface area contributed by atoms with Crippen molar-refractivity contribution in [2.24, 2.45) is 5.92 Å². The fourth-order valence-corrected chi connectivity index (χ4v) is 6.47. The van der Waals surface area contributed by atoms with Crippen molar-refractivity contribution in [2.75, 3.05) is 71.2 Å². The Labute approximate surface area is 337 Å². The van der Waals surface area contributed by atoms with Crippen LogP contribution in [-0.2, 0) is 58.1 Å². The van der Waals surface area contributed by atoms with E-state index < -0.39 is 16.0 Å². The van der Waals surface area contributed by atoms with Gasteiger partial charge in [-0.25, -0.2) is 18.2 Å². The Hall–Kier alpha value is -4.63. The number of nitrogens with zero attached hydrogens (tertiary/aromatic N) is 4. The van der Waals surface area contributed by atoms with Crippen LogP contribution >= 0.6 is 11.3 Å². The van der Waals surface area contributed by atoms with Gasteiger partial charge >= 0.3 is 5.97 Å². The maximum Gasteiger partial charge on any atom is 0.336 e. The summed E-state index contributed by atoms with van der Waals surface area (Å²) in [7, 11) is -2.16. The van der Waals surface area contributed by atoms with E-state index in [0.29, 0.717) is 84.0 Å². The normalized spacial score (nSPS) is 11.2. The molecule has 0 bridgehead atoms. The zero-order valence-corrected chi connectivity index (χ0v) is 34.1. The van der Waals surface area contributed by atoms with Crippen molar-refractivity contribution in [1.82, 2.24) is 25.3 Å². The minimum Gasteiger partial charge on any atom is -0.478 e. The number of aryl methyl sites for hydroxylation is 1. The van der Waals surface area contributed by atoms with Crippen LogP contribution < -0.4 is 10.0 Å². The number of aromatic carboxylic acids is 1. The fourth-order valence-electron chi connectivity index (χ4n) is 4.68. The standard InChI is InChI=1S/C20H38N4O6.C18H14N2O5S2/c1-18(2)4-6-24-16-19(22-23-24)17-30-15-14-29-13-12-28-11-10-27-9-8-26-7-5-20(25)21-3;21-16(14-3-1-2-4-15(14)17(22)23)11-12-5-7-13(8-6-12)27(24,25)20-18-19-9-10-26-18/h16,18H,4-15,17H2,1-3H3,(H,21,25);1-10H,11H2,(H,19,20)(H,22,23). The summed E-state index contributed by atoms with van der Waals surface area (Å²) in [6.07, 6.45) is 4.83. The second-order valence-electron chi connectivity index (χ2n) is 12.6. The average molecular weight is 833 g/mol. The van der Waals surface area contributed by atoms with Gasteiger partial charge in [-0.05, 0) is 36.1 Å². The van der Waals surface area contributed by atoms with Crippen LogP contribution in [0.15, 0.2) is 71.2 Å². The number of carboxylic acid groups (broad SMARTS) is 1. The van der Waals surface area contributed by atoms with Crippen LogP contribution in [0.5, 0.6) is 0 Å². The SMILES string of the molecule is CNC(=O)CCOCCOCCOCCOCCOCc1cn(CCC(C)C)nn1.O=C(O)c1ccccc1C(=O)Cc1ccc(S(=O)(=O)Nc2nccs2)cc1. The van der Waals surface area contributed by atoms with E-state index in [-0.39, 0.29) is 39.3 Å². The highest BCUT2D eigenvalue weighted by Crippen LogP contribution is 2.19. The van der Waals surface area contributed by atoms with Gasteiger partial charge in [-0.2, -0.15) is 0 Å². The predicted octanol–water partition coefficient (Wildman–Crippen LogP) is 4.11. The summed E-state index contributed by atoms with van der Waals surface area (Å²) in [6.45, 7) is 10.1. The molecule has 0 saturated carbocycles. The molecule has 312 valence electrons. The second kappa shape index (κ2) is 26.3. The second-order valence-corrected chi connectivity index (χ2v) is 15.2. The third-order valence-electron chi connectivity index (χ3n) is 7.72. The predicted molar refractivity (Wildman–Crippen MR) is 212 cm³/mol. The molecule has 0 spiro atoms. The molecule has 4 rings (SSSR count). The molecule has 0 fully saturated rings. The van der Waals surface area contributed by atoms with Crippen LogP contribution in [0.1, 0.15) is 58.7 Å². The van der Waals surface area contributed by atoms with E-state index in [1.807, 2.05) is 10.9 Å². The monoisotopic (exact) mass is 832 g/mol. The molecule has 0 atom stereocenters. The summed E-state index contributed by atoms with van der Waals surface area (Å²) >= 11 is 1.16. The first-order chi connectivity index (χ1) is 27.5. The molecule has 57 heavy (non-hydrogen) atoms. The molecular weight excluding hydrogens is 781 g/mol. The van der Waals surface area contributed by atoms with Gasteiger partial charge in [0.15, 0.2) is 10.9 Å². The van der Waals surface area contributed by atoms with E-state index >= 15 is 0 Å². The van der Waals surface area contributed by atoms with Crippen molar-refractivity contribution in [2.45, 2.75) is 51.2 Å². The number of rotatable bonds is 27. The number of amides is 1. The first-order valence-electron chi connectivity index (χ1n) is 18.3. The summed E-state index contributed by atoms with van der Waals surface area (Å²) in [4.78, 5) is 38.6. The molecule has 2 aromatic carbocycles. The molecule has 4 aromatic rings. The topological polar surface area (TPSA) is 219 Å². The first-order valence-corrected chi connectivity index (χ1v) is 20.7. The number of hydrogen-bond acceptors (Lipinski definition) is 14. The number of Topliss-reactive ketones (excluding diaryl/α,β-unsaturated/α-hetero) is 1. The van der Waals surface area contributed by atoms with E-state index in [1.165, 1.54) is 42.6 Å². The molecule has 0 aliphatic rings. The summed E-state index contributed by atoms with van der Waals surface area (Å²) in [5, 5.41) is 21.8. The summed E-state index contributed by atoms with van der Waals surface area (Å²) < 4.78 is 55.9.